The number of hydrogen-bond acceptors (Lipinski definition) is 3. The van der Waals surface area contributed by atoms with Crippen LogP contribution >= 0.6 is 11.6 Å². The molecule has 0 aliphatic carbocycles. The molecule has 1 amide bonds. The quantitative estimate of drug-likeness (QED) is 0.856. The Morgan fingerprint density at radius 2 is 1.92 bits per heavy atom. The Morgan fingerprint density at radius 1 is 1.20 bits per heavy atom. The van der Waals surface area contributed by atoms with Gasteiger partial charge in [-0.1, -0.05) is 29.3 Å². The minimum absolute atomic E-state index is 0.0523. The molecule has 0 radical (unpaired) electrons. The monoisotopic (exact) mass is 358 g/mol. The largest absolute Gasteiger partial charge is 0.484 e. The standard InChI is InChI=1S/C20H23ClN2O2/c1-15-2-8-19(9-3-15)25-14-20(24)22-12-16-10-11-23(13-16)18-6-4-17(21)5-7-18/h2-9,16H,10-14H2,1H3,(H,22,24). The highest BCUT2D eigenvalue weighted by molar-refractivity contribution is 6.30. The Balaban J connectivity index is 1.39. The van der Waals surface area contributed by atoms with Crippen LogP contribution in [0.1, 0.15) is 12.0 Å². The molecule has 3 rings (SSSR count). The van der Waals surface area contributed by atoms with Gasteiger partial charge >= 0.3 is 0 Å². The van der Waals surface area contributed by atoms with Crippen LogP contribution in [0.5, 0.6) is 5.75 Å². The van der Waals surface area contributed by atoms with Crippen molar-refractivity contribution in [3.63, 3.8) is 0 Å². The highest BCUT2D eigenvalue weighted by atomic mass is 35.5. The summed E-state index contributed by atoms with van der Waals surface area (Å²) in [5, 5.41) is 3.73. The van der Waals surface area contributed by atoms with Crippen LogP contribution in [0.2, 0.25) is 5.02 Å². The van der Waals surface area contributed by atoms with Crippen molar-refractivity contribution < 1.29 is 9.53 Å². The maximum Gasteiger partial charge on any atom is 0.257 e. The lowest BCUT2D eigenvalue weighted by atomic mass is 10.1. The number of nitrogens with one attached hydrogen (secondary N) is 1. The molecule has 1 fully saturated rings. The van der Waals surface area contributed by atoms with Gasteiger partial charge in [0.15, 0.2) is 6.61 Å². The van der Waals surface area contributed by atoms with Crippen molar-refractivity contribution in [1.29, 1.82) is 0 Å². The maximum atomic E-state index is 12.0. The summed E-state index contributed by atoms with van der Waals surface area (Å²) in [4.78, 5) is 14.3. The molecule has 1 aliphatic heterocycles. The van der Waals surface area contributed by atoms with Gasteiger partial charge < -0.3 is 15.0 Å². The molecule has 1 atom stereocenters. The van der Waals surface area contributed by atoms with Crippen molar-refractivity contribution in [2.45, 2.75) is 13.3 Å². The number of halogens is 1. The zero-order valence-electron chi connectivity index (χ0n) is 14.4. The third-order valence-electron chi connectivity index (χ3n) is 4.46. The molecule has 4 nitrogen and oxygen atoms in total. The van der Waals surface area contributed by atoms with Crippen molar-refractivity contribution in [1.82, 2.24) is 5.32 Å². The second kappa shape index (κ2) is 8.26. The Kier molecular flexibility index (Phi) is 5.82. The van der Waals surface area contributed by atoms with Crippen molar-refractivity contribution in [2.24, 2.45) is 5.92 Å². The molecule has 1 unspecified atom stereocenters. The van der Waals surface area contributed by atoms with Crippen LogP contribution in [0.15, 0.2) is 48.5 Å². The number of aryl methyl sites for hydroxylation is 1. The van der Waals surface area contributed by atoms with Gasteiger partial charge in [-0.05, 0) is 55.7 Å². The summed E-state index contributed by atoms with van der Waals surface area (Å²) in [5.41, 5.74) is 2.35. The number of anilines is 1. The molecule has 2 aromatic carbocycles. The predicted molar refractivity (Wildman–Crippen MR) is 101 cm³/mol. The van der Waals surface area contributed by atoms with Gasteiger partial charge in [0.25, 0.3) is 5.91 Å². The van der Waals surface area contributed by atoms with E-state index < -0.39 is 0 Å². The molecule has 25 heavy (non-hydrogen) atoms. The molecule has 1 heterocycles. The Labute approximate surface area is 153 Å². The zero-order chi connectivity index (χ0) is 17.6. The third kappa shape index (κ3) is 5.13. The van der Waals surface area contributed by atoms with E-state index in [9.17, 15) is 4.79 Å². The molecule has 0 saturated carbocycles. The van der Waals surface area contributed by atoms with Crippen LogP contribution in [0, 0.1) is 12.8 Å². The van der Waals surface area contributed by atoms with Gasteiger partial charge in [-0.15, -0.1) is 0 Å². The first-order chi connectivity index (χ1) is 12.1. The fourth-order valence-corrected chi connectivity index (χ4v) is 3.10. The summed E-state index contributed by atoms with van der Waals surface area (Å²) in [6.45, 7) is 4.70. The molecule has 132 valence electrons. The molecule has 5 heteroatoms. The van der Waals surface area contributed by atoms with E-state index in [0.717, 1.165) is 30.3 Å². The summed E-state index contributed by atoms with van der Waals surface area (Å²) in [6, 6.07) is 15.6. The van der Waals surface area contributed by atoms with Crippen molar-refractivity contribution in [3.8, 4) is 5.75 Å². The smallest absolute Gasteiger partial charge is 0.257 e. The lowest BCUT2D eigenvalue weighted by Gasteiger charge is -2.19. The van der Waals surface area contributed by atoms with E-state index in [1.54, 1.807) is 0 Å². The first kappa shape index (κ1) is 17.6. The molecule has 1 N–H and O–H groups in total. The Hall–Kier alpha value is -2.20. The number of ether oxygens (including phenoxy) is 1. The number of rotatable bonds is 6. The second-order valence-electron chi connectivity index (χ2n) is 6.48. The Morgan fingerprint density at radius 3 is 2.64 bits per heavy atom. The first-order valence-corrected chi connectivity index (χ1v) is 8.94. The fourth-order valence-electron chi connectivity index (χ4n) is 2.98. The molecule has 0 aromatic heterocycles. The van der Waals surface area contributed by atoms with Gasteiger partial charge in [-0.2, -0.15) is 0 Å². The van der Waals surface area contributed by atoms with Crippen LogP contribution in [0.25, 0.3) is 0 Å². The van der Waals surface area contributed by atoms with Gasteiger partial charge in [0.1, 0.15) is 5.75 Å². The van der Waals surface area contributed by atoms with Crippen LogP contribution in [-0.2, 0) is 4.79 Å². The summed E-state index contributed by atoms with van der Waals surface area (Å²) >= 11 is 5.94. The summed E-state index contributed by atoms with van der Waals surface area (Å²) in [5.74, 6) is 1.10. The first-order valence-electron chi connectivity index (χ1n) is 8.57. The van der Waals surface area contributed by atoms with Gasteiger partial charge in [0.2, 0.25) is 0 Å². The van der Waals surface area contributed by atoms with Crippen LogP contribution < -0.4 is 15.0 Å². The Bertz CT molecular complexity index is 701. The van der Waals surface area contributed by atoms with Gasteiger partial charge in [0, 0.05) is 30.3 Å². The van der Waals surface area contributed by atoms with Crippen LogP contribution in [0.4, 0.5) is 5.69 Å². The van der Waals surface area contributed by atoms with E-state index in [4.69, 9.17) is 16.3 Å². The van der Waals surface area contributed by atoms with E-state index in [1.807, 2.05) is 55.5 Å². The van der Waals surface area contributed by atoms with Crippen molar-refractivity contribution >= 4 is 23.2 Å². The number of nitrogens with zero attached hydrogens (tertiary/aromatic N) is 1. The SMILES string of the molecule is Cc1ccc(OCC(=O)NCC2CCN(c3ccc(Cl)cc3)C2)cc1. The number of amides is 1. The average molecular weight is 359 g/mol. The van der Waals surface area contributed by atoms with E-state index in [1.165, 1.54) is 11.3 Å². The van der Waals surface area contributed by atoms with Gasteiger partial charge in [0.05, 0.1) is 0 Å². The highest BCUT2D eigenvalue weighted by Crippen LogP contribution is 2.24. The number of carbonyl (C=O) groups excluding carboxylic acids is 1. The zero-order valence-corrected chi connectivity index (χ0v) is 15.1. The van der Waals surface area contributed by atoms with Crippen LogP contribution in [-0.4, -0.2) is 32.1 Å². The van der Waals surface area contributed by atoms with E-state index in [2.05, 4.69) is 10.2 Å². The lowest BCUT2D eigenvalue weighted by molar-refractivity contribution is -0.123. The molecule has 2 aromatic rings. The maximum absolute atomic E-state index is 12.0. The fraction of sp³-hybridized carbons (Fsp3) is 0.350. The summed E-state index contributed by atoms with van der Waals surface area (Å²) < 4.78 is 5.50. The topological polar surface area (TPSA) is 41.6 Å². The molecule has 0 spiro atoms. The highest BCUT2D eigenvalue weighted by Gasteiger charge is 2.23. The molecular formula is C20H23ClN2O2. The van der Waals surface area contributed by atoms with E-state index in [-0.39, 0.29) is 12.5 Å². The van der Waals surface area contributed by atoms with E-state index >= 15 is 0 Å². The minimum atomic E-state index is -0.0782. The summed E-state index contributed by atoms with van der Waals surface area (Å²) in [6.07, 6.45) is 1.07. The van der Waals surface area contributed by atoms with Crippen LogP contribution in [0.3, 0.4) is 0 Å². The lowest BCUT2D eigenvalue weighted by Crippen LogP contribution is -2.34. The predicted octanol–water partition coefficient (Wildman–Crippen LogP) is 3.67. The molecule has 0 bridgehead atoms. The summed E-state index contributed by atoms with van der Waals surface area (Å²) in [7, 11) is 0. The molecule has 1 saturated heterocycles. The third-order valence-corrected chi connectivity index (χ3v) is 4.71. The van der Waals surface area contributed by atoms with Gasteiger partial charge in [-0.25, -0.2) is 0 Å². The van der Waals surface area contributed by atoms with E-state index in [0.29, 0.717) is 12.5 Å². The minimum Gasteiger partial charge on any atom is -0.484 e. The average Bonchev–Trinajstić information content (AvgIpc) is 3.09. The number of benzene rings is 2. The normalized spacial score (nSPS) is 16.7. The van der Waals surface area contributed by atoms with Crippen molar-refractivity contribution in [3.05, 3.63) is 59.1 Å². The number of hydrogen-bond donors (Lipinski definition) is 1. The van der Waals surface area contributed by atoms with Crippen molar-refractivity contribution in [2.75, 3.05) is 31.1 Å². The molecular weight excluding hydrogens is 336 g/mol. The van der Waals surface area contributed by atoms with Gasteiger partial charge in [-0.3, -0.25) is 4.79 Å². The second-order valence-corrected chi connectivity index (χ2v) is 6.92. The molecule has 1 aliphatic rings. The number of carbonyl (C=O) groups is 1.